The van der Waals surface area contributed by atoms with Gasteiger partial charge < -0.3 is 10.3 Å². The molecule has 1 aliphatic carbocycles. The van der Waals surface area contributed by atoms with Crippen LogP contribution in [0, 0.1) is 0 Å². The summed E-state index contributed by atoms with van der Waals surface area (Å²) in [6.07, 6.45) is 5.99. The van der Waals surface area contributed by atoms with Crippen molar-refractivity contribution in [1.82, 2.24) is 0 Å². The van der Waals surface area contributed by atoms with Gasteiger partial charge in [-0.2, -0.15) is 4.79 Å². The fourth-order valence-electron chi connectivity index (χ4n) is 0.812. The van der Waals surface area contributed by atoms with E-state index < -0.39 is 0 Å². The molecular formula is C7H7ClN2O. The molecule has 0 aromatic rings. The van der Waals surface area contributed by atoms with Gasteiger partial charge in [0.15, 0.2) is 6.07 Å². The van der Waals surface area contributed by atoms with Crippen LogP contribution in [-0.2, 0) is 4.74 Å². The molecule has 0 atom stereocenters. The quantitative estimate of drug-likeness (QED) is 0.354. The summed E-state index contributed by atoms with van der Waals surface area (Å²) in [7, 11) is 0. The largest absolute Gasteiger partial charge is 0.470 e. The smallest absolute Gasteiger partial charge is 0.337 e. The molecule has 0 radical (unpaired) electrons. The highest BCUT2D eigenvalue weighted by molar-refractivity contribution is 6.17. The summed E-state index contributed by atoms with van der Waals surface area (Å²) < 4.78 is 4.97. The molecule has 0 aliphatic heterocycles. The number of rotatable bonds is 2. The number of hydrogen-bond donors (Lipinski definition) is 0. The van der Waals surface area contributed by atoms with Crippen LogP contribution in [0.25, 0.3) is 5.53 Å². The molecular weight excluding hydrogens is 164 g/mol. The van der Waals surface area contributed by atoms with E-state index in [1.807, 2.05) is 12.2 Å². The number of alkyl halides is 1. The Kier molecular flexibility index (Phi) is 2.90. The molecule has 0 unspecified atom stereocenters. The third-order valence-corrected chi connectivity index (χ3v) is 1.42. The molecule has 0 saturated carbocycles. The molecule has 0 N–H and O–H groups in total. The number of ether oxygens (including phenoxy) is 1. The Morgan fingerprint density at radius 3 is 3.18 bits per heavy atom. The van der Waals surface area contributed by atoms with Crippen molar-refractivity contribution in [3.05, 3.63) is 29.5 Å². The predicted molar refractivity (Wildman–Crippen MR) is 42.3 cm³/mol. The summed E-state index contributed by atoms with van der Waals surface area (Å²) in [5.74, 6) is 0.532. The highest BCUT2D eigenvalue weighted by Crippen LogP contribution is 2.09. The lowest BCUT2D eigenvalue weighted by atomic mass is 10.1. The number of nitrogens with zero attached hydrogens (tertiary/aromatic N) is 2. The first-order valence-corrected chi connectivity index (χ1v) is 3.69. The van der Waals surface area contributed by atoms with Gasteiger partial charge in [0.25, 0.3) is 0 Å². The Labute approximate surface area is 69.5 Å². The first kappa shape index (κ1) is 8.05. The number of halogens is 1. The van der Waals surface area contributed by atoms with E-state index in [0.717, 1.165) is 0 Å². The summed E-state index contributed by atoms with van der Waals surface area (Å²) in [4.78, 5) is 3.06. The minimum absolute atomic E-state index is 0.0681. The maximum Gasteiger partial charge on any atom is 0.337 e. The van der Waals surface area contributed by atoms with Gasteiger partial charge >= 0.3 is 5.71 Å². The van der Waals surface area contributed by atoms with Gasteiger partial charge in [-0.05, 0) is 6.08 Å². The van der Waals surface area contributed by atoms with Gasteiger partial charge in [0.1, 0.15) is 0 Å². The van der Waals surface area contributed by atoms with Crippen LogP contribution >= 0.6 is 11.6 Å². The van der Waals surface area contributed by atoms with Gasteiger partial charge in [0.2, 0.25) is 5.76 Å². The van der Waals surface area contributed by atoms with Crippen LogP contribution in [0.5, 0.6) is 0 Å². The zero-order valence-electron chi connectivity index (χ0n) is 5.83. The van der Waals surface area contributed by atoms with Crippen molar-refractivity contribution in [2.24, 2.45) is 0 Å². The van der Waals surface area contributed by atoms with Crippen molar-refractivity contribution in [2.75, 3.05) is 6.07 Å². The minimum Gasteiger partial charge on any atom is -0.470 e. The van der Waals surface area contributed by atoms with Gasteiger partial charge in [0.05, 0.1) is 6.42 Å². The molecule has 11 heavy (non-hydrogen) atoms. The SMILES string of the molecule is [N-]=[N+]=C1CC=CC=C1OCCl. The molecule has 0 fully saturated rings. The molecule has 0 heterocycles. The van der Waals surface area contributed by atoms with E-state index in [-0.39, 0.29) is 6.07 Å². The summed E-state index contributed by atoms with van der Waals surface area (Å²) >= 11 is 5.33. The summed E-state index contributed by atoms with van der Waals surface area (Å²) in [5.41, 5.74) is 8.99. The van der Waals surface area contributed by atoms with Crippen molar-refractivity contribution in [3.63, 3.8) is 0 Å². The Hall–Kier alpha value is -1.05. The molecule has 0 aromatic heterocycles. The van der Waals surface area contributed by atoms with Crippen LogP contribution < -0.4 is 0 Å². The lowest BCUT2D eigenvalue weighted by molar-refractivity contribution is -0.0112. The fourth-order valence-corrected chi connectivity index (χ4v) is 0.930. The maximum absolute atomic E-state index is 8.48. The zero-order chi connectivity index (χ0) is 8.10. The maximum atomic E-state index is 8.48. The molecule has 0 bridgehead atoms. The molecule has 0 amide bonds. The van der Waals surface area contributed by atoms with Crippen LogP contribution in [0.3, 0.4) is 0 Å². The van der Waals surface area contributed by atoms with Crippen molar-refractivity contribution < 1.29 is 9.53 Å². The average Bonchev–Trinajstić information content (AvgIpc) is 2.06. The third-order valence-electron chi connectivity index (χ3n) is 1.31. The topological polar surface area (TPSA) is 45.6 Å². The van der Waals surface area contributed by atoms with E-state index in [1.54, 1.807) is 6.08 Å². The predicted octanol–water partition coefficient (Wildman–Crippen LogP) is 1.71. The van der Waals surface area contributed by atoms with Crippen LogP contribution in [0.2, 0.25) is 0 Å². The monoisotopic (exact) mass is 170 g/mol. The molecule has 0 saturated heterocycles. The van der Waals surface area contributed by atoms with Crippen molar-refractivity contribution >= 4 is 17.3 Å². The van der Waals surface area contributed by atoms with Crippen LogP contribution in [0.1, 0.15) is 6.42 Å². The summed E-state index contributed by atoms with van der Waals surface area (Å²) in [6.45, 7) is 0. The van der Waals surface area contributed by atoms with Gasteiger partial charge in [-0.25, -0.2) is 0 Å². The molecule has 0 spiro atoms. The highest BCUT2D eigenvalue weighted by Gasteiger charge is 2.16. The Morgan fingerprint density at radius 2 is 2.55 bits per heavy atom. The lowest BCUT2D eigenvalue weighted by Gasteiger charge is -2.03. The average molecular weight is 171 g/mol. The van der Waals surface area contributed by atoms with Gasteiger partial charge in [0, 0.05) is 0 Å². The molecule has 58 valence electrons. The van der Waals surface area contributed by atoms with Gasteiger partial charge in [-0.3, -0.25) is 0 Å². The normalized spacial score (nSPS) is 15.7. The zero-order valence-corrected chi connectivity index (χ0v) is 6.58. The molecule has 1 rings (SSSR count). The van der Waals surface area contributed by atoms with Crippen LogP contribution in [0.4, 0.5) is 0 Å². The van der Waals surface area contributed by atoms with E-state index in [9.17, 15) is 0 Å². The lowest BCUT2D eigenvalue weighted by Crippen LogP contribution is -2.08. The van der Waals surface area contributed by atoms with E-state index in [1.165, 1.54) is 0 Å². The van der Waals surface area contributed by atoms with E-state index in [0.29, 0.717) is 17.9 Å². The van der Waals surface area contributed by atoms with Crippen molar-refractivity contribution in [1.29, 1.82) is 0 Å². The van der Waals surface area contributed by atoms with Crippen molar-refractivity contribution in [3.8, 4) is 0 Å². The first-order valence-electron chi connectivity index (χ1n) is 3.15. The second kappa shape index (κ2) is 3.96. The second-order valence-electron chi connectivity index (χ2n) is 1.96. The number of hydrogen-bond acceptors (Lipinski definition) is 1. The Balaban J connectivity index is 2.79. The van der Waals surface area contributed by atoms with Crippen LogP contribution in [-0.4, -0.2) is 16.6 Å². The second-order valence-corrected chi connectivity index (χ2v) is 2.18. The summed E-state index contributed by atoms with van der Waals surface area (Å²) in [5, 5.41) is 0. The molecule has 0 aromatic carbocycles. The standard InChI is InChI=1S/C7H7ClN2O/c8-5-11-7-4-2-1-3-6(7)10-9/h1-2,4H,3,5H2. The Morgan fingerprint density at radius 1 is 1.73 bits per heavy atom. The number of allylic oxidation sites excluding steroid dienone is 4. The van der Waals surface area contributed by atoms with Crippen LogP contribution in [0.15, 0.2) is 24.0 Å². The fraction of sp³-hybridized carbons (Fsp3) is 0.286. The van der Waals surface area contributed by atoms with Crippen molar-refractivity contribution in [2.45, 2.75) is 6.42 Å². The minimum atomic E-state index is 0.0681. The van der Waals surface area contributed by atoms with Gasteiger partial charge in [-0.1, -0.05) is 23.8 Å². The first-order chi connectivity index (χ1) is 5.38. The summed E-state index contributed by atoms with van der Waals surface area (Å²) in [6, 6.07) is 0.0681. The molecule has 4 heteroatoms. The van der Waals surface area contributed by atoms with E-state index in [4.69, 9.17) is 21.9 Å². The highest BCUT2D eigenvalue weighted by atomic mass is 35.5. The third kappa shape index (κ3) is 1.93. The molecule has 1 aliphatic rings. The molecule has 3 nitrogen and oxygen atoms in total. The Bertz CT molecular complexity index is 251. The van der Waals surface area contributed by atoms with E-state index in [2.05, 4.69) is 4.79 Å². The van der Waals surface area contributed by atoms with Gasteiger partial charge in [-0.15, -0.1) is 0 Å². The van der Waals surface area contributed by atoms with E-state index >= 15 is 0 Å².